The molecule has 34 heavy (non-hydrogen) atoms. The molecule has 8 heteroatoms. The molecule has 0 saturated carbocycles. The van der Waals surface area contributed by atoms with Gasteiger partial charge in [0.25, 0.3) is 0 Å². The Kier molecular flexibility index (Phi) is 3.03. The molecular weight excluding hydrogens is 428 g/mol. The molecule has 8 nitrogen and oxygen atoms in total. The van der Waals surface area contributed by atoms with Gasteiger partial charge in [-0.05, 0) is 24.3 Å². The Balaban J connectivity index is 1.77. The van der Waals surface area contributed by atoms with E-state index < -0.39 is 5.69 Å². The minimum Gasteiger partial charge on any atom is -0.289 e. The lowest BCUT2D eigenvalue weighted by molar-refractivity contribution is 1.22. The van der Waals surface area contributed by atoms with Gasteiger partial charge in [-0.3, -0.25) is 9.78 Å². The summed E-state index contributed by atoms with van der Waals surface area (Å²) in [6.07, 6.45) is 3.20. The molecule has 2 aliphatic rings. The third kappa shape index (κ3) is 2.07. The number of pyridine rings is 2. The number of benzene rings is 4. The first-order valence-corrected chi connectivity index (χ1v) is 10.6. The zero-order valence-corrected chi connectivity index (χ0v) is 17.3. The minimum atomic E-state index is -0.584. The van der Waals surface area contributed by atoms with E-state index in [-0.39, 0.29) is 5.43 Å². The van der Waals surface area contributed by atoms with Gasteiger partial charge < -0.3 is 0 Å². The van der Waals surface area contributed by atoms with E-state index in [4.69, 9.17) is 4.98 Å². The molecule has 4 heterocycles. The Bertz CT molecular complexity index is 2230. The van der Waals surface area contributed by atoms with E-state index in [9.17, 15) is 9.59 Å². The van der Waals surface area contributed by atoms with E-state index in [2.05, 4.69) is 24.9 Å². The topological polar surface area (TPSA) is 111 Å². The lowest BCUT2D eigenvalue weighted by atomic mass is 9.92. The summed E-state index contributed by atoms with van der Waals surface area (Å²) in [6.45, 7) is 0. The van der Waals surface area contributed by atoms with Crippen molar-refractivity contribution in [1.82, 2.24) is 29.9 Å². The van der Waals surface area contributed by atoms with Crippen molar-refractivity contribution in [1.29, 1.82) is 0 Å². The zero-order valence-electron chi connectivity index (χ0n) is 17.3. The van der Waals surface area contributed by atoms with Gasteiger partial charge >= 0.3 is 5.69 Å². The first kappa shape index (κ1) is 17.6. The van der Waals surface area contributed by atoms with Crippen molar-refractivity contribution >= 4 is 65.3 Å². The summed E-state index contributed by atoms with van der Waals surface area (Å²) < 4.78 is 0. The fraction of sp³-hybridized carbons (Fsp3) is 0. The Morgan fingerprint density at radius 1 is 0.618 bits per heavy atom. The summed E-state index contributed by atoms with van der Waals surface area (Å²) in [5.41, 5.74) is 3.40. The zero-order chi connectivity index (χ0) is 22.6. The molecule has 8 rings (SSSR count). The summed E-state index contributed by atoms with van der Waals surface area (Å²) in [4.78, 5) is 52.0. The fourth-order valence-electron chi connectivity index (χ4n) is 5.15. The van der Waals surface area contributed by atoms with Gasteiger partial charge in [-0.1, -0.05) is 18.2 Å². The molecule has 0 radical (unpaired) electrons. The Hall–Kier alpha value is -4.98. The van der Waals surface area contributed by atoms with Crippen LogP contribution in [0, 0.1) is 0 Å². The highest BCUT2D eigenvalue weighted by Crippen LogP contribution is 2.41. The molecule has 0 bridgehead atoms. The highest BCUT2D eigenvalue weighted by Gasteiger charge is 2.23. The van der Waals surface area contributed by atoms with Crippen LogP contribution in [0.1, 0.15) is 0 Å². The van der Waals surface area contributed by atoms with Gasteiger partial charge in [0.05, 0.1) is 33.5 Å². The van der Waals surface area contributed by atoms with Gasteiger partial charge in [-0.25, -0.2) is 19.7 Å². The molecule has 0 saturated heterocycles. The largest absolute Gasteiger partial charge is 0.368 e. The predicted octanol–water partition coefficient (Wildman–Crippen LogP) is 3.68. The number of nitrogens with zero attached hydrogens (tertiary/aromatic N) is 6. The monoisotopic (exact) mass is 438 g/mol. The number of imidazole rings is 2. The van der Waals surface area contributed by atoms with E-state index in [0.717, 1.165) is 32.6 Å². The average Bonchev–Trinajstić information content (AvgIpc) is 3.47. The predicted molar refractivity (Wildman–Crippen MR) is 130 cm³/mol. The quantitative estimate of drug-likeness (QED) is 0.260. The third-order valence-corrected chi connectivity index (χ3v) is 6.54. The molecule has 0 fully saturated rings. The van der Waals surface area contributed by atoms with Crippen molar-refractivity contribution in [3.05, 3.63) is 81.8 Å². The number of hydrogen-bond acceptors (Lipinski definition) is 8. The lowest BCUT2D eigenvalue weighted by Crippen LogP contribution is -2.05. The summed E-state index contributed by atoms with van der Waals surface area (Å²) in [5, 5.41) is 5.06. The number of rotatable bonds is 0. The van der Waals surface area contributed by atoms with Gasteiger partial charge in [0.2, 0.25) is 0 Å². The first-order chi connectivity index (χ1) is 16.7. The van der Waals surface area contributed by atoms with Crippen LogP contribution in [-0.2, 0) is 0 Å². The van der Waals surface area contributed by atoms with Crippen LogP contribution in [0.15, 0.2) is 70.6 Å². The summed E-state index contributed by atoms with van der Waals surface area (Å²) >= 11 is 0. The minimum absolute atomic E-state index is 0.210. The van der Waals surface area contributed by atoms with Gasteiger partial charge in [0, 0.05) is 50.0 Å². The molecule has 0 atom stereocenters. The van der Waals surface area contributed by atoms with Gasteiger partial charge in [0.15, 0.2) is 5.43 Å². The van der Waals surface area contributed by atoms with Crippen molar-refractivity contribution in [2.24, 2.45) is 0 Å². The van der Waals surface area contributed by atoms with Gasteiger partial charge in [-0.2, -0.15) is 9.97 Å². The van der Waals surface area contributed by atoms with E-state index in [1.54, 1.807) is 12.3 Å². The Morgan fingerprint density at radius 3 is 2.47 bits per heavy atom. The van der Waals surface area contributed by atoms with Gasteiger partial charge in [-0.15, -0.1) is 0 Å². The van der Waals surface area contributed by atoms with Crippen molar-refractivity contribution in [2.45, 2.75) is 0 Å². The summed E-state index contributed by atoms with van der Waals surface area (Å²) in [5.74, 6) is 0. The highest BCUT2D eigenvalue weighted by atomic mass is 16.1. The van der Waals surface area contributed by atoms with Crippen molar-refractivity contribution in [2.75, 3.05) is 0 Å². The van der Waals surface area contributed by atoms with E-state index in [1.165, 1.54) is 12.4 Å². The second-order valence-electron chi connectivity index (χ2n) is 8.33. The molecule has 156 valence electrons. The van der Waals surface area contributed by atoms with Crippen LogP contribution in [-0.4, -0.2) is 29.9 Å². The maximum Gasteiger partial charge on any atom is 0.368 e. The second kappa shape index (κ2) is 5.87. The highest BCUT2D eigenvalue weighted by molar-refractivity contribution is 6.33. The summed E-state index contributed by atoms with van der Waals surface area (Å²) in [7, 11) is 0. The normalized spacial score (nSPS) is 12.4. The lowest BCUT2D eigenvalue weighted by Gasteiger charge is -2.13. The molecule has 0 unspecified atom stereocenters. The average molecular weight is 438 g/mol. The molecule has 3 aromatic carbocycles. The van der Waals surface area contributed by atoms with E-state index in [0.29, 0.717) is 44.1 Å². The van der Waals surface area contributed by atoms with E-state index in [1.807, 2.05) is 36.4 Å². The number of aromatic nitrogens is 6. The van der Waals surface area contributed by atoms with Crippen LogP contribution in [0.3, 0.4) is 0 Å². The van der Waals surface area contributed by atoms with E-state index >= 15 is 0 Å². The molecule has 0 spiro atoms. The smallest absolute Gasteiger partial charge is 0.289 e. The van der Waals surface area contributed by atoms with Crippen molar-refractivity contribution in [3.63, 3.8) is 0 Å². The molecule has 1 aliphatic heterocycles. The Morgan fingerprint density at radius 2 is 1.53 bits per heavy atom. The molecular formula is C26H10N6O2. The van der Waals surface area contributed by atoms with Crippen LogP contribution in [0.25, 0.3) is 76.7 Å². The number of hydrogen-bond donors (Lipinski definition) is 0. The third-order valence-electron chi connectivity index (χ3n) is 6.54. The molecule has 3 aromatic heterocycles. The number of fused-ring (bicyclic) bond motifs is 13. The standard InChI is InChI=1S/C26H10N6O2/c33-17-9-16-24(29-10-28-16)19-14-8-12-4-3-11-2-1-7-27-21(11)22(12)31-23(14)13-5-6-15-25(18(13)20(17)19)32-26(34)30-15/h1-10H. The first-order valence-electron chi connectivity index (χ1n) is 10.6. The van der Waals surface area contributed by atoms with Crippen LogP contribution >= 0.6 is 0 Å². The second-order valence-corrected chi connectivity index (χ2v) is 8.33. The fourth-order valence-corrected chi connectivity index (χ4v) is 5.15. The molecule has 1 aliphatic carbocycles. The summed E-state index contributed by atoms with van der Waals surface area (Å²) in [6, 6.07) is 15.0. The Labute approximate surface area is 188 Å². The van der Waals surface area contributed by atoms with Crippen LogP contribution in [0.5, 0.6) is 0 Å². The van der Waals surface area contributed by atoms with Crippen LogP contribution in [0.4, 0.5) is 0 Å². The SMILES string of the molecule is O=c1nc2ccc3c4nc5c(ccc6cccnc65)cc4c4c5ncnc-5cc(=O)c4c3c2n1. The maximum absolute atomic E-state index is 13.4. The van der Waals surface area contributed by atoms with Crippen molar-refractivity contribution < 1.29 is 0 Å². The molecule has 0 N–H and O–H groups in total. The molecule has 6 aromatic rings. The van der Waals surface area contributed by atoms with Crippen molar-refractivity contribution in [3.8, 4) is 11.4 Å². The molecule has 0 amide bonds. The van der Waals surface area contributed by atoms with Crippen LogP contribution in [0.2, 0.25) is 0 Å². The maximum atomic E-state index is 13.4. The van der Waals surface area contributed by atoms with Crippen LogP contribution < -0.4 is 11.1 Å². The van der Waals surface area contributed by atoms with Gasteiger partial charge in [0.1, 0.15) is 11.8 Å².